The number of thioether (sulfide) groups is 1. The molecule has 8 nitrogen and oxygen atoms in total. The van der Waals surface area contributed by atoms with Crippen molar-refractivity contribution >= 4 is 29.3 Å². The van der Waals surface area contributed by atoms with E-state index < -0.39 is 17.6 Å². The van der Waals surface area contributed by atoms with Crippen LogP contribution in [0.3, 0.4) is 0 Å². The maximum absolute atomic E-state index is 13.4. The average molecular weight is 570 g/mol. The van der Waals surface area contributed by atoms with Gasteiger partial charge in [0.1, 0.15) is 5.75 Å². The van der Waals surface area contributed by atoms with Gasteiger partial charge in [-0.3, -0.25) is 14.2 Å². The van der Waals surface area contributed by atoms with Crippen molar-refractivity contribution in [2.75, 3.05) is 17.7 Å². The zero-order chi connectivity index (χ0) is 28.7. The standard InChI is InChI=1S/C28H26F3N5O3S/c1-18-11-12-19(2)23(13-18)33-26(38)17-40-27-35-34-24(15-32-25(37)16-39-22-9-4-3-5-10-22)36(27)21-8-6-7-20(14-21)28(29,30)31/h3-14H,15-17H2,1-2H3,(H,32,37)(H,33,38). The topological polar surface area (TPSA) is 98.1 Å². The molecule has 0 radical (unpaired) electrons. The van der Waals surface area contributed by atoms with Gasteiger partial charge in [-0.15, -0.1) is 10.2 Å². The zero-order valence-corrected chi connectivity index (χ0v) is 22.5. The van der Waals surface area contributed by atoms with Gasteiger partial charge in [0.15, 0.2) is 17.6 Å². The third-order valence-corrected chi connectivity index (χ3v) is 6.62. The van der Waals surface area contributed by atoms with Crippen molar-refractivity contribution in [1.29, 1.82) is 0 Å². The molecule has 40 heavy (non-hydrogen) atoms. The number of hydrogen-bond donors (Lipinski definition) is 2. The third-order valence-electron chi connectivity index (χ3n) is 5.69. The summed E-state index contributed by atoms with van der Waals surface area (Å²) in [5.41, 5.74) is 1.84. The van der Waals surface area contributed by atoms with Crippen LogP contribution in [0.5, 0.6) is 5.75 Å². The van der Waals surface area contributed by atoms with Gasteiger partial charge in [-0.1, -0.05) is 48.2 Å². The molecule has 3 aromatic carbocycles. The second-order valence-corrected chi connectivity index (χ2v) is 9.76. The minimum Gasteiger partial charge on any atom is -0.484 e. The van der Waals surface area contributed by atoms with E-state index in [1.54, 1.807) is 24.3 Å². The molecule has 1 aromatic heterocycles. The first-order valence-corrected chi connectivity index (χ1v) is 13.1. The maximum Gasteiger partial charge on any atom is 0.416 e. The van der Waals surface area contributed by atoms with E-state index >= 15 is 0 Å². The second kappa shape index (κ2) is 12.7. The van der Waals surface area contributed by atoms with Crippen LogP contribution in [0.4, 0.5) is 18.9 Å². The quantitative estimate of drug-likeness (QED) is 0.251. The highest BCUT2D eigenvalue weighted by atomic mass is 32.2. The summed E-state index contributed by atoms with van der Waals surface area (Å²) in [7, 11) is 0. The molecule has 2 amide bonds. The Kier molecular flexibility index (Phi) is 9.10. The lowest BCUT2D eigenvalue weighted by atomic mass is 10.1. The second-order valence-electron chi connectivity index (χ2n) is 8.82. The highest BCUT2D eigenvalue weighted by Crippen LogP contribution is 2.32. The molecule has 0 aliphatic carbocycles. The van der Waals surface area contributed by atoms with Crippen molar-refractivity contribution in [3.05, 3.63) is 95.3 Å². The monoisotopic (exact) mass is 569 g/mol. The van der Waals surface area contributed by atoms with Gasteiger partial charge in [0.05, 0.1) is 23.5 Å². The third kappa shape index (κ3) is 7.63. The summed E-state index contributed by atoms with van der Waals surface area (Å²) < 4.78 is 47.1. The summed E-state index contributed by atoms with van der Waals surface area (Å²) in [5.74, 6) is -0.135. The molecule has 0 bridgehead atoms. The number of nitrogens with one attached hydrogen (secondary N) is 2. The number of hydrogen-bond acceptors (Lipinski definition) is 6. The van der Waals surface area contributed by atoms with Gasteiger partial charge in [0.25, 0.3) is 5.91 Å². The van der Waals surface area contributed by atoms with Crippen LogP contribution in [0.15, 0.2) is 78.0 Å². The molecule has 2 N–H and O–H groups in total. The van der Waals surface area contributed by atoms with E-state index in [1.807, 2.05) is 38.1 Å². The summed E-state index contributed by atoms with van der Waals surface area (Å²) in [4.78, 5) is 25.1. The number of nitrogens with zero attached hydrogens (tertiary/aromatic N) is 3. The number of carbonyl (C=O) groups excluding carboxylic acids is 2. The molecular weight excluding hydrogens is 543 g/mol. The van der Waals surface area contributed by atoms with E-state index in [0.717, 1.165) is 35.0 Å². The normalized spacial score (nSPS) is 11.2. The van der Waals surface area contributed by atoms with Gasteiger partial charge < -0.3 is 15.4 Å². The number of rotatable bonds is 10. The molecule has 0 saturated carbocycles. The van der Waals surface area contributed by atoms with Crippen LogP contribution in [-0.4, -0.2) is 38.9 Å². The number of ether oxygens (including phenoxy) is 1. The van der Waals surface area contributed by atoms with Crippen molar-refractivity contribution in [2.24, 2.45) is 0 Å². The maximum atomic E-state index is 13.4. The van der Waals surface area contributed by atoms with E-state index in [9.17, 15) is 22.8 Å². The number of benzene rings is 3. The molecule has 4 aromatic rings. The molecule has 0 fully saturated rings. The fraction of sp³-hybridized carbons (Fsp3) is 0.214. The first-order valence-electron chi connectivity index (χ1n) is 12.2. The summed E-state index contributed by atoms with van der Waals surface area (Å²) in [6, 6.07) is 19.1. The SMILES string of the molecule is Cc1ccc(C)c(NC(=O)CSc2nnc(CNC(=O)COc3ccccc3)n2-c2cccc(C(F)(F)F)c2)c1. The fourth-order valence-corrected chi connectivity index (χ4v) is 4.44. The van der Waals surface area contributed by atoms with Crippen molar-refractivity contribution in [3.8, 4) is 11.4 Å². The largest absolute Gasteiger partial charge is 0.484 e. The summed E-state index contributed by atoms with van der Waals surface area (Å²) in [6.45, 7) is 3.39. The number of halogens is 3. The number of alkyl halides is 3. The summed E-state index contributed by atoms with van der Waals surface area (Å²) >= 11 is 1.01. The molecule has 0 unspecified atom stereocenters. The van der Waals surface area contributed by atoms with E-state index in [2.05, 4.69) is 20.8 Å². The highest BCUT2D eigenvalue weighted by molar-refractivity contribution is 7.99. The van der Waals surface area contributed by atoms with Crippen LogP contribution in [0.2, 0.25) is 0 Å². The lowest BCUT2D eigenvalue weighted by Crippen LogP contribution is -2.29. The predicted molar refractivity (Wildman–Crippen MR) is 145 cm³/mol. The first kappa shape index (κ1) is 28.7. The van der Waals surface area contributed by atoms with Crippen LogP contribution < -0.4 is 15.4 Å². The number of para-hydroxylation sites is 1. The Labute approximate surface area is 233 Å². The Morgan fingerprint density at radius 1 is 0.950 bits per heavy atom. The van der Waals surface area contributed by atoms with Gasteiger partial charge in [-0.25, -0.2) is 0 Å². The first-order chi connectivity index (χ1) is 19.1. The molecule has 1 heterocycles. The Bertz CT molecular complexity index is 1490. The minimum atomic E-state index is -4.56. The molecule has 0 atom stereocenters. The smallest absolute Gasteiger partial charge is 0.416 e. The van der Waals surface area contributed by atoms with Crippen molar-refractivity contribution < 1.29 is 27.5 Å². The van der Waals surface area contributed by atoms with E-state index in [0.29, 0.717) is 11.4 Å². The number of aromatic nitrogens is 3. The number of aryl methyl sites for hydroxylation is 2. The molecule has 0 aliphatic heterocycles. The van der Waals surface area contributed by atoms with E-state index in [-0.39, 0.29) is 41.5 Å². The van der Waals surface area contributed by atoms with Crippen LogP contribution in [0.25, 0.3) is 5.69 Å². The molecule has 4 rings (SSSR count). The van der Waals surface area contributed by atoms with E-state index in [4.69, 9.17) is 4.74 Å². The molecule has 12 heteroatoms. The van der Waals surface area contributed by atoms with Crippen molar-refractivity contribution in [1.82, 2.24) is 20.1 Å². The Balaban J connectivity index is 1.51. The van der Waals surface area contributed by atoms with Gasteiger partial charge >= 0.3 is 6.18 Å². The van der Waals surface area contributed by atoms with Gasteiger partial charge in [-0.05, 0) is 61.4 Å². The van der Waals surface area contributed by atoms with Crippen LogP contribution in [-0.2, 0) is 22.3 Å². The molecule has 0 spiro atoms. The zero-order valence-electron chi connectivity index (χ0n) is 21.7. The predicted octanol–water partition coefficient (Wildman–Crippen LogP) is 5.33. The summed E-state index contributed by atoms with van der Waals surface area (Å²) in [5, 5.41) is 13.9. The number of carbonyl (C=O) groups is 2. The lowest BCUT2D eigenvalue weighted by Gasteiger charge is -2.14. The van der Waals surface area contributed by atoms with Crippen molar-refractivity contribution in [2.45, 2.75) is 31.7 Å². The lowest BCUT2D eigenvalue weighted by molar-refractivity contribution is -0.137. The molecule has 208 valence electrons. The fourth-order valence-electron chi connectivity index (χ4n) is 3.67. The Morgan fingerprint density at radius 2 is 1.73 bits per heavy atom. The van der Waals surface area contributed by atoms with Gasteiger partial charge in [-0.2, -0.15) is 13.2 Å². The number of anilines is 1. The average Bonchev–Trinajstić information content (AvgIpc) is 3.34. The minimum absolute atomic E-state index is 0.0677. The Hall–Kier alpha value is -4.32. The highest BCUT2D eigenvalue weighted by Gasteiger charge is 2.31. The summed E-state index contributed by atoms with van der Waals surface area (Å²) in [6.07, 6.45) is -4.56. The van der Waals surface area contributed by atoms with Crippen LogP contribution >= 0.6 is 11.8 Å². The molecule has 0 saturated heterocycles. The molecular formula is C28H26F3N5O3S. The van der Waals surface area contributed by atoms with Gasteiger partial charge in [0, 0.05) is 5.69 Å². The van der Waals surface area contributed by atoms with E-state index in [1.165, 1.54) is 16.7 Å². The molecule has 0 aliphatic rings. The number of amides is 2. The van der Waals surface area contributed by atoms with Crippen LogP contribution in [0.1, 0.15) is 22.5 Å². The Morgan fingerprint density at radius 3 is 2.48 bits per heavy atom. The van der Waals surface area contributed by atoms with Crippen LogP contribution in [0, 0.1) is 13.8 Å². The van der Waals surface area contributed by atoms with Gasteiger partial charge in [0.2, 0.25) is 5.91 Å². The van der Waals surface area contributed by atoms with Crippen molar-refractivity contribution in [3.63, 3.8) is 0 Å².